The molecule has 3 rings (SSSR count). The van der Waals surface area contributed by atoms with Gasteiger partial charge in [0.1, 0.15) is 10.8 Å². The third kappa shape index (κ3) is 2.71. The van der Waals surface area contributed by atoms with Crippen LogP contribution in [0, 0.1) is 13.8 Å². The fourth-order valence-corrected chi connectivity index (χ4v) is 3.20. The van der Waals surface area contributed by atoms with Gasteiger partial charge in [0, 0.05) is 11.6 Å². The predicted molar refractivity (Wildman–Crippen MR) is 87.6 cm³/mol. The van der Waals surface area contributed by atoms with E-state index in [1.807, 2.05) is 11.6 Å². The van der Waals surface area contributed by atoms with Gasteiger partial charge in [-0.05, 0) is 45.0 Å². The highest BCUT2D eigenvalue weighted by Gasteiger charge is 2.16. The number of imidazole rings is 1. The summed E-state index contributed by atoms with van der Waals surface area (Å²) in [6.07, 6.45) is 1.86. The number of thiazole rings is 1. The number of aromatic amines is 1. The average molecular weight is 300 g/mol. The second kappa shape index (κ2) is 5.58. The number of hydrogen-bond acceptors (Lipinski definition) is 4. The zero-order chi connectivity index (χ0) is 15.0. The van der Waals surface area contributed by atoms with Crippen LogP contribution in [0.5, 0.6) is 0 Å². The lowest BCUT2D eigenvalue weighted by molar-refractivity contribution is 0.247. The molecule has 1 N–H and O–H groups in total. The normalized spacial score (nSPS) is 13.2. The van der Waals surface area contributed by atoms with Crippen LogP contribution < -0.4 is 0 Å². The summed E-state index contributed by atoms with van der Waals surface area (Å²) < 4.78 is 0. The lowest BCUT2D eigenvalue weighted by atomic mass is 10.1. The fraction of sp³-hybridized carbons (Fsp3) is 0.375. The molecule has 1 atom stereocenters. The van der Waals surface area contributed by atoms with E-state index in [1.165, 1.54) is 11.1 Å². The topological polar surface area (TPSA) is 44.8 Å². The van der Waals surface area contributed by atoms with Gasteiger partial charge >= 0.3 is 0 Å². The molecule has 0 spiro atoms. The van der Waals surface area contributed by atoms with Gasteiger partial charge in [-0.15, -0.1) is 11.3 Å². The van der Waals surface area contributed by atoms with Gasteiger partial charge in [-0.3, -0.25) is 4.90 Å². The Labute approximate surface area is 128 Å². The van der Waals surface area contributed by atoms with Crippen molar-refractivity contribution in [2.24, 2.45) is 0 Å². The van der Waals surface area contributed by atoms with Crippen molar-refractivity contribution in [3.63, 3.8) is 0 Å². The maximum Gasteiger partial charge on any atom is 0.121 e. The Bertz CT molecular complexity index is 745. The summed E-state index contributed by atoms with van der Waals surface area (Å²) in [6.45, 7) is 7.22. The molecule has 0 aliphatic carbocycles. The molecule has 0 radical (unpaired) electrons. The Hall–Kier alpha value is -1.72. The van der Waals surface area contributed by atoms with Crippen molar-refractivity contribution in [3.8, 4) is 0 Å². The molecule has 110 valence electrons. The molecule has 1 aromatic carbocycles. The molecule has 0 fully saturated rings. The molecule has 3 aromatic rings. The number of benzene rings is 1. The SMILES string of the molecule is Cc1ccc2[nH]c(CN(C)C(C)c3nccs3)nc2c1C. The van der Waals surface area contributed by atoms with Crippen LogP contribution in [-0.2, 0) is 6.54 Å². The minimum absolute atomic E-state index is 0.293. The third-order valence-corrected chi connectivity index (χ3v) is 5.04. The second-order valence-electron chi connectivity index (χ2n) is 5.55. The van der Waals surface area contributed by atoms with Gasteiger partial charge in [0.15, 0.2) is 0 Å². The van der Waals surface area contributed by atoms with Gasteiger partial charge in [0.2, 0.25) is 0 Å². The van der Waals surface area contributed by atoms with Crippen LogP contribution in [0.1, 0.15) is 34.9 Å². The van der Waals surface area contributed by atoms with E-state index >= 15 is 0 Å². The molecular formula is C16H20N4S. The van der Waals surface area contributed by atoms with E-state index < -0.39 is 0 Å². The molecule has 5 heteroatoms. The molecule has 1 unspecified atom stereocenters. The Kier molecular flexibility index (Phi) is 3.78. The highest BCUT2D eigenvalue weighted by Crippen LogP contribution is 2.24. The molecule has 0 saturated carbocycles. The van der Waals surface area contributed by atoms with E-state index in [4.69, 9.17) is 4.98 Å². The number of rotatable bonds is 4. The Morgan fingerprint density at radius 1 is 1.33 bits per heavy atom. The minimum Gasteiger partial charge on any atom is -0.341 e. The van der Waals surface area contributed by atoms with Crippen LogP contribution in [0.2, 0.25) is 0 Å². The average Bonchev–Trinajstić information content (AvgIpc) is 3.11. The van der Waals surface area contributed by atoms with Crippen LogP contribution in [0.15, 0.2) is 23.7 Å². The van der Waals surface area contributed by atoms with Crippen molar-refractivity contribution in [1.82, 2.24) is 19.9 Å². The largest absolute Gasteiger partial charge is 0.341 e. The summed E-state index contributed by atoms with van der Waals surface area (Å²) in [5, 5.41) is 3.16. The maximum absolute atomic E-state index is 4.76. The predicted octanol–water partition coefficient (Wildman–Crippen LogP) is 3.83. The fourth-order valence-electron chi connectivity index (χ4n) is 2.44. The van der Waals surface area contributed by atoms with E-state index in [0.29, 0.717) is 6.04 Å². The summed E-state index contributed by atoms with van der Waals surface area (Å²) in [5.74, 6) is 1.00. The maximum atomic E-state index is 4.76. The zero-order valence-corrected chi connectivity index (χ0v) is 13.7. The van der Waals surface area contributed by atoms with Crippen molar-refractivity contribution in [2.45, 2.75) is 33.4 Å². The number of aromatic nitrogens is 3. The van der Waals surface area contributed by atoms with E-state index in [0.717, 1.165) is 28.4 Å². The number of fused-ring (bicyclic) bond motifs is 1. The lowest BCUT2D eigenvalue weighted by Crippen LogP contribution is -2.22. The molecule has 0 aliphatic rings. The standard InChI is InChI=1S/C16H20N4S/c1-10-5-6-13-15(11(10)2)19-14(18-13)9-20(4)12(3)16-17-7-8-21-16/h5-8,12H,9H2,1-4H3,(H,18,19). The van der Waals surface area contributed by atoms with Crippen molar-refractivity contribution < 1.29 is 0 Å². The highest BCUT2D eigenvalue weighted by atomic mass is 32.1. The van der Waals surface area contributed by atoms with Crippen molar-refractivity contribution in [2.75, 3.05) is 7.05 Å². The Morgan fingerprint density at radius 3 is 2.86 bits per heavy atom. The molecule has 4 nitrogen and oxygen atoms in total. The van der Waals surface area contributed by atoms with Crippen LogP contribution in [0.4, 0.5) is 0 Å². The monoisotopic (exact) mass is 300 g/mol. The summed E-state index contributed by atoms with van der Waals surface area (Å²) in [6, 6.07) is 4.54. The van der Waals surface area contributed by atoms with Crippen LogP contribution in [0.3, 0.4) is 0 Å². The molecule has 2 aromatic heterocycles. The lowest BCUT2D eigenvalue weighted by Gasteiger charge is -2.21. The van der Waals surface area contributed by atoms with E-state index in [9.17, 15) is 0 Å². The quantitative estimate of drug-likeness (QED) is 0.796. The first-order chi connectivity index (χ1) is 10.1. The first kappa shape index (κ1) is 14.2. The zero-order valence-electron chi connectivity index (χ0n) is 12.8. The van der Waals surface area contributed by atoms with Gasteiger partial charge in [0.05, 0.1) is 23.6 Å². The second-order valence-corrected chi connectivity index (χ2v) is 6.47. The highest BCUT2D eigenvalue weighted by molar-refractivity contribution is 7.09. The Balaban J connectivity index is 1.83. The number of nitrogens with one attached hydrogen (secondary N) is 1. The van der Waals surface area contributed by atoms with E-state index in [1.54, 1.807) is 11.3 Å². The van der Waals surface area contributed by atoms with Crippen molar-refractivity contribution in [3.05, 3.63) is 45.7 Å². The van der Waals surface area contributed by atoms with Crippen LogP contribution in [0.25, 0.3) is 11.0 Å². The molecule has 0 saturated heterocycles. The number of H-pyrrole nitrogens is 1. The first-order valence-corrected chi connectivity index (χ1v) is 7.98. The summed E-state index contributed by atoms with van der Waals surface area (Å²) in [7, 11) is 2.11. The van der Waals surface area contributed by atoms with Gasteiger partial charge in [-0.2, -0.15) is 0 Å². The van der Waals surface area contributed by atoms with Gasteiger partial charge in [0.25, 0.3) is 0 Å². The summed E-state index contributed by atoms with van der Waals surface area (Å²) in [5.41, 5.74) is 4.74. The smallest absolute Gasteiger partial charge is 0.121 e. The molecule has 0 amide bonds. The molecule has 21 heavy (non-hydrogen) atoms. The Morgan fingerprint density at radius 2 is 2.14 bits per heavy atom. The van der Waals surface area contributed by atoms with Crippen LogP contribution in [-0.4, -0.2) is 26.9 Å². The van der Waals surface area contributed by atoms with Crippen molar-refractivity contribution in [1.29, 1.82) is 0 Å². The third-order valence-electron chi connectivity index (χ3n) is 4.10. The van der Waals surface area contributed by atoms with Gasteiger partial charge in [-0.25, -0.2) is 9.97 Å². The van der Waals surface area contributed by atoms with E-state index in [2.05, 4.69) is 54.8 Å². The number of nitrogens with zero attached hydrogens (tertiary/aromatic N) is 3. The van der Waals surface area contributed by atoms with Crippen molar-refractivity contribution >= 4 is 22.4 Å². The van der Waals surface area contributed by atoms with E-state index in [-0.39, 0.29) is 0 Å². The summed E-state index contributed by atoms with van der Waals surface area (Å²) >= 11 is 1.70. The summed E-state index contributed by atoms with van der Waals surface area (Å²) in [4.78, 5) is 14.8. The number of hydrogen-bond donors (Lipinski definition) is 1. The molecular weight excluding hydrogens is 280 g/mol. The van der Waals surface area contributed by atoms with Crippen LogP contribution >= 0.6 is 11.3 Å². The number of aryl methyl sites for hydroxylation is 2. The minimum atomic E-state index is 0.293. The van der Waals surface area contributed by atoms with Gasteiger partial charge < -0.3 is 4.98 Å². The van der Waals surface area contributed by atoms with Gasteiger partial charge in [-0.1, -0.05) is 6.07 Å². The molecule has 0 bridgehead atoms. The molecule has 0 aliphatic heterocycles. The molecule has 2 heterocycles. The first-order valence-electron chi connectivity index (χ1n) is 7.10.